The van der Waals surface area contributed by atoms with Crippen molar-refractivity contribution in [3.05, 3.63) is 48.0 Å². The van der Waals surface area contributed by atoms with E-state index in [0.717, 1.165) is 5.56 Å². The van der Waals surface area contributed by atoms with Gasteiger partial charge in [-0.1, -0.05) is 42.5 Å². The molecule has 0 aromatic heterocycles. The predicted molar refractivity (Wildman–Crippen MR) is 56.1 cm³/mol. The molecule has 0 saturated carbocycles. The first-order valence-corrected chi connectivity index (χ1v) is 4.53. The summed E-state index contributed by atoms with van der Waals surface area (Å²) in [5, 5.41) is 8.94. The third-order valence-electron chi connectivity index (χ3n) is 2.18. The van der Waals surface area contributed by atoms with Crippen LogP contribution in [-0.4, -0.2) is 11.1 Å². The number of rotatable bonds is 4. The lowest BCUT2D eigenvalue weighted by atomic mass is 9.94. The van der Waals surface area contributed by atoms with Crippen LogP contribution in [0.5, 0.6) is 0 Å². The summed E-state index contributed by atoms with van der Waals surface area (Å²) in [4.78, 5) is 10.9. The van der Waals surface area contributed by atoms with E-state index in [4.69, 9.17) is 5.11 Å². The lowest BCUT2D eigenvalue weighted by molar-refractivity contribution is -0.140. The first kappa shape index (κ1) is 10.5. The van der Waals surface area contributed by atoms with E-state index < -0.39 is 11.9 Å². The molecule has 1 unspecified atom stereocenters. The van der Waals surface area contributed by atoms with Gasteiger partial charge in [0.2, 0.25) is 0 Å². The molecule has 0 aliphatic carbocycles. The molecule has 0 heterocycles. The zero-order valence-corrected chi connectivity index (χ0v) is 8.23. The molecule has 0 radical (unpaired) electrons. The average molecular weight is 190 g/mol. The number of carboxylic acids is 1. The van der Waals surface area contributed by atoms with Crippen LogP contribution in [0.3, 0.4) is 0 Å². The Morgan fingerprint density at radius 1 is 1.43 bits per heavy atom. The summed E-state index contributed by atoms with van der Waals surface area (Å²) in [6.45, 7) is 5.44. The van der Waals surface area contributed by atoms with Gasteiger partial charge in [0.25, 0.3) is 0 Å². The second kappa shape index (κ2) is 4.61. The van der Waals surface area contributed by atoms with Crippen LogP contribution in [0.2, 0.25) is 0 Å². The molecule has 0 bridgehead atoms. The minimum Gasteiger partial charge on any atom is -0.481 e. The summed E-state index contributed by atoms with van der Waals surface area (Å²) in [7, 11) is 0. The second-order valence-corrected chi connectivity index (χ2v) is 3.43. The highest BCUT2D eigenvalue weighted by Crippen LogP contribution is 2.15. The molecule has 0 aliphatic heterocycles. The van der Waals surface area contributed by atoms with Crippen molar-refractivity contribution in [2.45, 2.75) is 13.3 Å². The number of carbonyl (C=O) groups is 1. The number of benzene rings is 1. The van der Waals surface area contributed by atoms with E-state index in [-0.39, 0.29) is 0 Å². The standard InChI is InChI=1S/C12H14O2/c1-9(2)11(12(13)14)8-10-6-4-3-5-7-10/h3-7,11H,1,8H2,2H3,(H,13,14). The average Bonchev–Trinajstić information content (AvgIpc) is 2.15. The minimum absolute atomic E-state index is 0.475. The zero-order valence-electron chi connectivity index (χ0n) is 8.23. The summed E-state index contributed by atoms with van der Waals surface area (Å²) in [6.07, 6.45) is 0.519. The number of hydrogen-bond donors (Lipinski definition) is 1. The van der Waals surface area contributed by atoms with Gasteiger partial charge in [-0.25, -0.2) is 0 Å². The predicted octanol–water partition coefficient (Wildman–Crippen LogP) is 2.51. The van der Waals surface area contributed by atoms with Crippen molar-refractivity contribution in [3.8, 4) is 0 Å². The van der Waals surface area contributed by atoms with E-state index >= 15 is 0 Å². The summed E-state index contributed by atoms with van der Waals surface area (Å²) in [5.74, 6) is -1.28. The molecular formula is C12H14O2. The van der Waals surface area contributed by atoms with Crippen LogP contribution < -0.4 is 0 Å². The molecule has 0 aliphatic rings. The number of aliphatic carboxylic acids is 1. The molecule has 0 amide bonds. The molecule has 14 heavy (non-hydrogen) atoms. The SMILES string of the molecule is C=C(C)C(Cc1ccccc1)C(=O)O. The monoisotopic (exact) mass is 190 g/mol. The first-order valence-electron chi connectivity index (χ1n) is 4.53. The lowest BCUT2D eigenvalue weighted by Crippen LogP contribution is -2.17. The Morgan fingerprint density at radius 2 is 2.00 bits per heavy atom. The maximum atomic E-state index is 10.9. The van der Waals surface area contributed by atoms with Crippen molar-refractivity contribution in [1.82, 2.24) is 0 Å². The summed E-state index contributed by atoms with van der Waals surface area (Å²) < 4.78 is 0. The Kier molecular flexibility index (Phi) is 3.46. The van der Waals surface area contributed by atoms with E-state index in [0.29, 0.717) is 12.0 Å². The van der Waals surface area contributed by atoms with Gasteiger partial charge in [0.1, 0.15) is 0 Å². The van der Waals surface area contributed by atoms with Crippen LogP contribution in [0.15, 0.2) is 42.5 Å². The fourth-order valence-corrected chi connectivity index (χ4v) is 1.32. The maximum Gasteiger partial charge on any atom is 0.310 e. The Bertz CT molecular complexity index is 313. The van der Waals surface area contributed by atoms with Crippen molar-refractivity contribution in [1.29, 1.82) is 0 Å². The highest BCUT2D eigenvalue weighted by molar-refractivity contribution is 5.73. The van der Waals surface area contributed by atoms with E-state index in [9.17, 15) is 4.79 Å². The van der Waals surface area contributed by atoms with Crippen molar-refractivity contribution >= 4 is 5.97 Å². The van der Waals surface area contributed by atoms with Gasteiger partial charge in [-0.2, -0.15) is 0 Å². The molecule has 2 nitrogen and oxygen atoms in total. The van der Waals surface area contributed by atoms with Gasteiger partial charge < -0.3 is 5.11 Å². The summed E-state index contributed by atoms with van der Waals surface area (Å²) >= 11 is 0. The van der Waals surface area contributed by atoms with Crippen LogP contribution in [-0.2, 0) is 11.2 Å². The van der Waals surface area contributed by atoms with Crippen molar-refractivity contribution < 1.29 is 9.90 Å². The van der Waals surface area contributed by atoms with Crippen molar-refractivity contribution in [2.75, 3.05) is 0 Å². The van der Waals surface area contributed by atoms with Gasteiger partial charge in [0, 0.05) is 0 Å². The van der Waals surface area contributed by atoms with Gasteiger partial charge in [0.05, 0.1) is 5.92 Å². The van der Waals surface area contributed by atoms with Crippen molar-refractivity contribution in [3.63, 3.8) is 0 Å². The number of carboxylic acid groups (broad SMARTS) is 1. The molecule has 1 aromatic carbocycles. The molecule has 0 spiro atoms. The molecule has 0 saturated heterocycles. The Morgan fingerprint density at radius 3 is 2.43 bits per heavy atom. The molecule has 74 valence electrons. The zero-order chi connectivity index (χ0) is 10.6. The van der Waals surface area contributed by atoms with Crippen LogP contribution in [0.1, 0.15) is 12.5 Å². The third-order valence-corrected chi connectivity index (χ3v) is 2.18. The van der Waals surface area contributed by atoms with Gasteiger partial charge >= 0.3 is 5.97 Å². The van der Waals surface area contributed by atoms with Gasteiger partial charge in [-0.05, 0) is 18.9 Å². The summed E-state index contributed by atoms with van der Waals surface area (Å²) in [5.41, 5.74) is 1.73. The smallest absolute Gasteiger partial charge is 0.310 e. The molecule has 1 aromatic rings. The van der Waals surface area contributed by atoms with Crippen molar-refractivity contribution in [2.24, 2.45) is 5.92 Å². The first-order chi connectivity index (χ1) is 6.61. The van der Waals surface area contributed by atoms with Crippen LogP contribution in [0.25, 0.3) is 0 Å². The van der Waals surface area contributed by atoms with E-state index in [1.807, 2.05) is 30.3 Å². The van der Waals surface area contributed by atoms with Gasteiger partial charge in [-0.3, -0.25) is 4.79 Å². The van der Waals surface area contributed by atoms with E-state index in [2.05, 4.69) is 6.58 Å². The van der Waals surface area contributed by atoms with E-state index in [1.165, 1.54) is 0 Å². The molecule has 1 N–H and O–H groups in total. The quantitative estimate of drug-likeness (QED) is 0.741. The van der Waals surface area contributed by atoms with Crippen LogP contribution in [0, 0.1) is 5.92 Å². The summed E-state index contributed by atoms with van der Waals surface area (Å²) in [6, 6.07) is 9.59. The number of hydrogen-bond acceptors (Lipinski definition) is 1. The van der Waals surface area contributed by atoms with Crippen LogP contribution >= 0.6 is 0 Å². The minimum atomic E-state index is -0.804. The fourth-order valence-electron chi connectivity index (χ4n) is 1.32. The largest absolute Gasteiger partial charge is 0.481 e. The molecular weight excluding hydrogens is 176 g/mol. The highest BCUT2D eigenvalue weighted by atomic mass is 16.4. The Balaban J connectivity index is 2.75. The molecule has 0 fully saturated rings. The second-order valence-electron chi connectivity index (χ2n) is 3.43. The van der Waals surface area contributed by atoms with Gasteiger partial charge in [-0.15, -0.1) is 0 Å². The third kappa shape index (κ3) is 2.73. The Labute approximate surface area is 83.9 Å². The molecule has 1 atom stereocenters. The van der Waals surface area contributed by atoms with E-state index in [1.54, 1.807) is 6.92 Å². The highest BCUT2D eigenvalue weighted by Gasteiger charge is 2.18. The lowest BCUT2D eigenvalue weighted by Gasteiger charge is -2.11. The van der Waals surface area contributed by atoms with Crippen LogP contribution in [0.4, 0.5) is 0 Å². The fraction of sp³-hybridized carbons (Fsp3) is 0.250. The normalized spacial score (nSPS) is 12.1. The maximum absolute atomic E-state index is 10.9. The topological polar surface area (TPSA) is 37.3 Å². The molecule has 2 heteroatoms. The van der Waals surface area contributed by atoms with Gasteiger partial charge in [0.15, 0.2) is 0 Å². The Hall–Kier alpha value is -1.57. The molecule has 1 rings (SSSR count).